The molecular formula is C22H21N5O. The Labute approximate surface area is 163 Å². The van der Waals surface area contributed by atoms with Crippen molar-refractivity contribution >= 4 is 5.91 Å². The maximum Gasteiger partial charge on any atom is 0.271 e. The molecular weight excluding hydrogens is 350 g/mol. The predicted octanol–water partition coefficient (Wildman–Crippen LogP) is 3.84. The van der Waals surface area contributed by atoms with Crippen molar-refractivity contribution in [3.05, 3.63) is 89.9 Å². The molecule has 0 saturated heterocycles. The summed E-state index contributed by atoms with van der Waals surface area (Å²) in [5, 5.41) is 11.4. The van der Waals surface area contributed by atoms with Gasteiger partial charge in [-0.1, -0.05) is 42.0 Å². The van der Waals surface area contributed by atoms with E-state index in [0.717, 1.165) is 22.5 Å². The van der Waals surface area contributed by atoms with Gasteiger partial charge >= 0.3 is 0 Å². The summed E-state index contributed by atoms with van der Waals surface area (Å²) in [4.78, 5) is 14.4. The third kappa shape index (κ3) is 3.71. The van der Waals surface area contributed by atoms with Crippen LogP contribution in [0.15, 0.2) is 73.1 Å². The molecule has 0 spiro atoms. The SMILES string of the molecule is Cc1ccc(-c2cc(C(=O)N(C)Cc3ccc(-n4cccn4)cc3)[nH]n2)cc1. The zero-order valence-electron chi connectivity index (χ0n) is 15.8. The highest BCUT2D eigenvalue weighted by molar-refractivity contribution is 5.93. The van der Waals surface area contributed by atoms with E-state index in [1.54, 1.807) is 28.9 Å². The zero-order valence-corrected chi connectivity index (χ0v) is 15.8. The Kier molecular flexibility index (Phi) is 4.76. The molecule has 2 heterocycles. The minimum Gasteiger partial charge on any atom is -0.336 e. The number of aromatic nitrogens is 4. The average molecular weight is 371 g/mol. The normalized spacial score (nSPS) is 10.8. The van der Waals surface area contributed by atoms with E-state index >= 15 is 0 Å². The van der Waals surface area contributed by atoms with E-state index in [1.165, 1.54) is 5.56 Å². The lowest BCUT2D eigenvalue weighted by molar-refractivity contribution is 0.0779. The summed E-state index contributed by atoms with van der Waals surface area (Å²) in [6, 6.07) is 19.7. The molecule has 2 aromatic carbocycles. The van der Waals surface area contributed by atoms with Crippen LogP contribution in [0.25, 0.3) is 16.9 Å². The molecule has 0 aliphatic carbocycles. The van der Waals surface area contributed by atoms with Gasteiger partial charge in [0.05, 0.1) is 11.4 Å². The minimum atomic E-state index is -0.0954. The van der Waals surface area contributed by atoms with Crippen LogP contribution in [-0.4, -0.2) is 37.8 Å². The van der Waals surface area contributed by atoms with Gasteiger partial charge in [0.1, 0.15) is 5.69 Å². The van der Waals surface area contributed by atoms with E-state index in [2.05, 4.69) is 15.3 Å². The molecule has 4 aromatic rings. The van der Waals surface area contributed by atoms with Crippen molar-refractivity contribution in [2.45, 2.75) is 13.5 Å². The van der Waals surface area contributed by atoms with Crippen LogP contribution in [0.1, 0.15) is 21.6 Å². The maximum absolute atomic E-state index is 12.7. The van der Waals surface area contributed by atoms with Crippen LogP contribution in [0.4, 0.5) is 0 Å². The van der Waals surface area contributed by atoms with Crippen molar-refractivity contribution in [3.8, 4) is 16.9 Å². The number of rotatable bonds is 5. The summed E-state index contributed by atoms with van der Waals surface area (Å²) in [6.45, 7) is 2.55. The number of aryl methyl sites for hydroxylation is 1. The lowest BCUT2D eigenvalue weighted by Crippen LogP contribution is -2.26. The van der Waals surface area contributed by atoms with Crippen molar-refractivity contribution in [1.82, 2.24) is 24.9 Å². The molecule has 0 saturated carbocycles. The fourth-order valence-electron chi connectivity index (χ4n) is 3.03. The van der Waals surface area contributed by atoms with Crippen molar-refractivity contribution in [2.75, 3.05) is 7.05 Å². The molecule has 6 heteroatoms. The van der Waals surface area contributed by atoms with Crippen molar-refractivity contribution < 1.29 is 4.79 Å². The highest BCUT2D eigenvalue weighted by Gasteiger charge is 2.16. The average Bonchev–Trinajstić information content (AvgIpc) is 3.41. The summed E-state index contributed by atoms with van der Waals surface area (Å²) in [5.41, 5.74) is 5.45. The number of carbonyl (C=O) groups excluding carboxylic acids is 1. The maximum atomic E-state index is 12.7. The van der Waals surface area contributed by atoms with E-state index < -0.39 is 0 Å². The molecule has 0 radical (unpaired) electrons. The minimum absolute atomic E-state index is 0.0954. The highest BCUT2D eigenvalue weighted by Crippen LogP contribution is 2.19. The topological polar surface area (TPSA) is 66.8 Å². The first-order valence-corrected chi connectivity index (χ1v) is 9.07. The number of benzene rings is 2. The lowest BCUT2D eigenvalue weighted by atomic mass is 10.1. The molecule has 1 amide bonds. The summed E-state index contributed by atoms with van der Waals surface area (Å²) < 4.78 is 1.80. The fourth-order valence-corrected chi connectivity index (χ4v) is 3.03. The number of hydrogen-bond donors (Lipinski definition) is 1. The summed E-state index contributed by atoms with van der Waals surface area (Å²) in [6.07, 6.45) is 3.64. The monoisotopic (exact) mass is 371 g/mol. The zero-order chi connectivity index (χ0) is 19.5. The van der Waals surface area contributed by atoms with Gasteiger partial charge in [-0.2, -0.15) is 10.2 Å². The van der Waals surface area contributed by atoms with Gasteiger partial charge in [0.2, 0.25) is 0 Å². The molecule has 0 fully saturated rings. The van der Waals surface area contributed by atoms with Crippen LogP contribution in [0, 0.1) is 6.92 Å². The van der Waals surface area contributed by atoms with Gasteiger partial charge in [-0.05, 0) is 36.8 Å². The quantitative estimate of drug-likeness (QED) is 0.580. The van der Waals surface area contributed by atoms with Gasteiger partial charge in [-0.25, -0.2) is 4.68 Å². The Bertz CT molecular complexity index is 1060. The molecule has 0 bridgehead atoms. The third-order valence-corrected chi connectivity index (χ3v) is 4.63. The van der Waals surface area contributed by atoms with Crippen LogP contribution >= 0.6 is 0 Å². The lowest BCUT2D eigenvalue weighted by Gasteiger charge is -2.16. The first-order valence-electron chi connectivity index (χ1n) is 9.07. The second-order valence-electron chi connectivity index (χ2n) is 6.81. The Morgan fingerprint density at radius 3 is 2.54 bits per heavy atom. The molecule has 0 atom stereocenters. The number of carbonyl (C=O) groups is 1. The van der Waals surface area contributed by atoms with E-state index in [9.17, 15) is 4.79 Å². The fraction of sp³-hybridized carbons (Fsp3) is 0.136. The van der Waals surface area contributed by atoms with E-state index in [0.29, 0.717) is 12.2 Å². The molecule has 2 aromatic heterocycles. The number of H-pyrrole nitrogens is 1. The number of aromatic amines is 1. The standard InChI is InChI=1S/C22H21N5O/c1-16-4-8-18(9-5-16)20-14-21(25-24-20)22(28)26(2)15-17-6-10-19(11-7-17)27-13-3-12-23-27/h3-14H,15H2,1-2H3,(H,24,25). The number of hydrogen-bond acceptors (Lipinski definition) is 3. The Morgan fingerprint density at radius 2 is 1.86 bits per heavy atom. The van der Waals surface area contributed by atoms with Crippen LogP contribution in [-0.2, 0) is 6.54 Å². The Morgan fingerprint density at radius 1 is 1.11 bits per heavy atom. The second-order valence-corrected chi connectivity index (χ2v) is 6.81. The Balaban J connectivity index is 1.44. The highest BCUT2D eigenvalue weighted by atomic mass is 16.2. The van der Waals surface area contributed by atoms with Crippen molar-refractivity contribution in [1.29, 1.82) is 0 Å². The molecule has 4 rings (SSSR count). The molecule has 140 valence electrons. The van der Waals surface area contributed by atoms with Crippen LogP contribution in [0.5, 0.6) is 0 Å². The predicted molar refractivity (Wildman–Crippen MR) is 108 cm³/mol. The van der Waals surface area contributed by atoms with Crippen molar-refractivity contribution in [2.24, 2.45) is 0 Å². The van der Waals surface area contributed by atoms with Gasteiger partial charge in [-0.3, -0.25) is 9.89 Å². The van der Waals surface area contributed by atoms with E-state index in [1.807, 2.05) is 67.7 Å². The van der Waals surface area contributed by atoms with Gasteiger partial charge < -0.3 is 4.90 Å². The number of amides is 1. The molecule has 0 aliphatic rings. The smallest absolute Gasteiger partial charge is 0.271 e. The third-order valence-electron chi connectivity index (χ3n) is 4.63. The second kappa shape index (κ2) is 7.52. The van der Waals surface area contributed by atoms with Gasteiger partial charge in [-0.15, -0.1) is 0 Å². The van der Waals surface area contributed by atoms with E-state index in [-0.39, 0.29) is 5.91 Å². The van der Waals surface area contributed by atoms with Crippen LogP contribution < -0.4 is 0 Å². The summed E-state index contributed by atoms with van der Waals surface area (Å²) in [7, 11) is 1.79. The molecule has 0 aliphatic heterocycles. The molecule has 1 N–H and O–H groups in total. The van der Waals surface area contributed by atoms with Crippen molar-refractivity contribution in [3.63, 3.8) is 0 Å². The van der Waals surface area contributed by atoms with Gasteiger partial charge in [0.15, 0.2) is 0 Å². The first kappa shape index (κ1) is 17.7. The largest absolute Gasteiger partial charge is 0.336 e. The van der Waals surface area contributed by atoms with Crippen LogP contribution in [0.2, 0.25) is 0 Å². The number of nitrogens with one attached hydrogen (secondary N) is 1. The van der Waals surface area contributed by atoms with Gasteiger partial charge in [0.25, 0.3) is 5.91 Å². The number of nitrogens with zero attached hydrogens (tertiary/aromatic N) is 4. The molecule has 0 unspecified atom stereocenters. The Hall–Kier alpha value is -3.67. The summed E-state index contributed by atoms with van der Waals surface area (Å²) in [5.74, 6) is -0.0954. The van der Waals surface area contributed by atoms with E-state index in [4.69, 9.17) is 0 Å². The molecule has 6 nitrogen and oxygen atoms in total. The first-order chi connectivity index (χ1) is 13.6. The summed E-state index contributed by atoms with van der Waals surface area (Å²) >= 11 is 0. The molecule has 28 heavy (non-hydrogen) atoms. The van der Waals surface area contributed by atoms with Gasteiger partial charge in [0, 0.05) is 31.5 Å². The van der Waals surface area contributed by atoms with Crippen LogP contribution in [0.3, 0.4) is 0 Å².